The summed E-state index contributed by atoms with van der Waals surface area (Å²) in [5, 5.41) is 101. The maximum Gasteiger partial charge on any atom is 0.397 e. The van der Waals surface area contributed by atoms with E-state index in [-0.39, 0.29) is 6.61 Å². The Labute approximate surface area is 593 Å². The monoisotopic (exact) mass is 1630 g/mol. The summed E-state index contributed by atoms with van der Waals surface area (Å²) < 4.78 is 278. The van der Waals surface area contributed by atoms with E-state index in [0.29, 0.717) is 25.8 Å². The summed E-state index contributed by atoms with van der Waals surface area (Å²) in [6.45, 7) is -6.47. The minimum Gasteiger partial charge on any atom is -0.390 e. The molecule has 8 rings (SSSR count). The molecule has 9 unspecified atom stereocenters. The van der Waals surface area contributed by atoms with E-state index >= 15 is 0 Å². The van der Waals surface area contributed by atoms with Gasteiger partial charge in [0.25, 0.3) is 0 Å². The Morgan fingerprint density at radius 1 is 0.337 bits per heavy atom. The fourth-order valence-electron chi connectivity index (χ4n) is 11.9. The standard InChI is InChI=1S/C49H89N5O45S5/c50-4-2-1-3-5-79-49-44(99-104(76,77)78)36(59)23(12-83-49)91-48-34(54)40(63)43(27(95-48)16-87-103(73,74)75)98-30-8-19(57)22(11-82-30)90-47-33(53)39(62)42(26(94-47)15-86-102(70,71)72)97-29-7-18(56)21(10-81-29)89-46-32(52)38(61)41(25(93-46)14-85-101(67,68)69)96-28-6-17(55)20(9-80-28)88-45-31(51)37(60)35(58)24(92-45)13-84-100(64,65)66/h17-49,55-63H,1-16,50-54H2,(H,64,65,66)(H,67,68,69)(H,70,71,72)(H,73,74,75)(H,76,77,78)/t17-,18+,19-,20+,21+,22+,23+,24?,25?,26?,27?,28-,29-,30-,31?,32?,33?,34?,35+,36-,37+,38+,39+,40+,41+,42+,43+,44?,45-,46-,47-,48-,49+/m0/s1. The van der Waals surface area contributed by atoms with Crippen LogP contribution in [0.4, 0.5) is 0 Å². The van der Waals surface area contributed by atoms with E-state index in [2.05, 4.69) is 20.9 Å². The molecule has 8 aliphatic rings. The number of hydrogen-bond donors (Lipinski definition) is 19. The lowest BCUT2D eigenvalue weighted by molar-refractivity contribution is -0.351. The molecule has 50 nitrogen and oxygen atoms in total. The first kappa shape index (κ1) is 87.7. The second kappa shape index (κ2) is 37.7. The highest BCUT2D eigenvalue weighted by Crippen LogP contribution is 2.36. The number of ether oxygens (including phenoxy) is 16. The number of hydrogen-bond acceptors (Lipinski definition) is 45. The van der Waals surface area contributed by atoms with Crippen molar-refractivity contribution in [2.45, 2.75) is 241 Å². The number of nitrogens with two attached hydrogens (primary N) is 5. The predicted molar refractivity (Wildman–Crippen MR) is 323 cm³/mol. The van der Waals surface area contributed by atoms with Crippen molar-refractivity contribution in [1.29, 1.82) is 0 Å². The molecule has 0 aromatic rings. The van der Waals surface area contributed by atoms with Gasteiger partial charge in [-0.3, -0.25) is 22.8 Å². The van der Waals surface area contributed by atoms with E-state index in [1.165, 1.54) is 0 Å². The lowest BCUT2D eigenvalue weighted by Gasteiger charge is -2.47. The lowest BCUT2D eigenvalue weighted by Crippen LogP contribution is -2.66. The van der Waals surface area contributed by atoms with Crippen LogP contribution in [0.1, 0.15) is 38.5 Å². The molecule has 0 aliphatic carbocycles. The Balaban J connectivity index is 0.842. The van der Waals surface area contributed by atoms with Gasteiger partial charge in [0.1, 0.15) is 104 Å². The van der Waals surface area contributed by atoms with Crippen molar-refractivity contribution in [3.63, 3.8) is 0 Å². The van der Waals surface area contributed by atoms with Crippen LogP contribution in [-0.2, 0) is 149 Å². The Morgan fingerprint density at radius 3 is 0.981 bits per heavy atom. The third kappa shape index (κ3) is 25.1. The van der Waals surface area contributed by atoms with E-state index in [0.717, 1.165) is 0 Å². The Bertz CT molecular complexity index is 3280. The lowest BCUT2D eigenvalue weighted by atomic mass is 9.96. The summed E-state index contributed by atoms with van der Waals surface area (Å²) in [4.78, 5) is 0. The Hall–Kier alpha value is -1.85. The van der Waals surface area contributed by atoms with Crippen LogP contribution in [0, 0.1) is 0 Å². The van der Waals surface area contributed by atoms with Crippen LogP contribution in [-0.4, -0.2) is 379 Å². The zero-order chi connectivity index (χ0) is 76.7. The molecule has 610 valence electrons. The average Bonchev–Trinajstić information content (AvgIpc) is 0.797. The van der Waals surface area contributed by atoms with E-state index in [1.807, 2.05) is 0 Å². The van der Waals surface area contributed by atoms with Crippen molar-refractivity contribution in [1.82, 2.24) is 0 Å². The van der Waals surface area contributed by atoms with Crippen molar-refractivity contribution < 1.29 is 208 Å². The van der Waals surface area contributed by atoms with E-state index in [9.17, 15) is 106 Å². The number of unbranched alkanes of at least 4 members (excludes halogenated alkanes) is 2. The van der Waals surface area contributed by atoms with Crippen LogP contribution in [0.25, 0.3) is 0 Å². The molecule has 104 heavy (non-hydrogen) atoms. The van der Waals surface area contributed by atoms with Gasteiger partial charge < -0.3 is 150 Å². The topological polar surface area (TPSA) is 778 Å². The summed E-state index contributed by atoms with van der Waals surface area (Å²) in [7, 11) is -26.0. The van der Waals surface area contributed by atoms with Gasteiger partial charge in [0.15, 0.2) is 56.4 Å². The summed E-state index contributed by atoms with van der Waals surface area (Å²) in [6.07, 6.45) is -49.7. The van der Waals surface area contributed by atoms with Gasteiger partial charge in [0, 0.05) is 25.9 Å². The zero-order valence-corrected chi connectivity index (χ0v) is 58.3. The van der Waals surface area contributed by atoms with Gasteiger partial charge in [-0.25, -0.2) is 20.9 Å². The highest BCUT2D eigenvalue weighted by molar-refractivity contribution is 7.81. The summed E-state index contributed by atoms with van der Waals surface area (Å²) in [5.41, 5.74) is 30.4. The quantitative estimate of drug-likeness (QED) is 0.0210. The largest absolute Gasteiger partial charge is 0.397 e. The van der Waals surface area contributed by atoms with E-state index in [1.54, 1.807) is 0 Å². The normalized spacial score (nSPS) is 43.3. The van der Waals surface area contributed by atoms with Gasteiger partial charge in [-0.15, -0.1) is 0 Å². The highest BCUT2D eigenvalue weighted by Gasteiger charge is 2.55. The molecule has 0 saturated carbocycles. The number of aliphatic hydroxyl groups is 9. The molecule has 0 aromatic heterocycles. The van der Waals surface area contributed by atoms with E-state index in [4.69, 9.17) is 109 Å². The van der Waals surface area contributed by atoms with Crippen LogP contribution in [0.15, 0.2) is 0 Å². The van der Waals surface area contributed by atoms with Gasteiger partial charge >= 0.3 is 52.0 Å². The molecule has 8 saturated heterocycles. The van der Waals surface area contributed by atoms with Gasteiger partial charge in [-0.2, -0.15) is 42.1 Å². The number of rotatable bonds is 34. The van der Waals surface area contributed by atoms with Crippen molar-refractivity contribution in [2.75, 3.05) is 66.0 Å². The Kier molecular flexibility index (Phi) is 31.8. The molecule has 55 heteroatoms. The fourth-order valence-corrected chi connectivity index (χ4v) is 13.6. The molecule has 33 atom stereocenters. The zero-order valence-electron chi connectivity index (χ0n) is 54.2. The molecule has 8 heterocycles. The fraction of sp³-hybridized carbons (Fsp3) is 1.00. The van der Waals surface area contributed by atoms with E-state index < -0.39 is 327 Å². The van der Waals surface area contributed by atoms with Crippen molar-refractivity contribution in [3.05, 3.63) is 0 Å². The molecule has 0 radical (unpaired) electrons. The molecule has 8 aliphatic heterocycles. The average molecular weight is 1630 g/mol. The molecular weight excluding hydrogens is 1540 g/mol. The first-order chi connectivity index (χ1) is 48.5. The summed E-state index contributed by atoms with van der Waals surface area (Å²) in [6, 6.07) is -6.54. The van der Waals surface area contributed by atoms with Gasteiger partial charge in [-0.1, -0.05) is 0 Å². The molecular formula is C49H89N5O45S5. The van der Waals surface area contributed by atoms with Crippen molar-refractivity contribution in [2.24, 2.45) is 28.7 Å². The van der Waals surface area contributed by atoms with Gasteiger partial charge in [-0.05, 0) is 25.8 Å². The summed E-state index contributed by atoms with van der Waals surface area (Å²) >= 11 is 0. The number of aliphatic hydroxyl groups excluding tert-OH is 9. The smallest absolute Gasteiger partial charge is 0.390 e. The molecule has 0 amide bonds. The second-order valence-electron chi connectivity index (χ2n) is 24.9. The van der Waals surface area contributed by atoms with Crippen LogP contribution in [0.5, 0.6) is 0 Å². The molecule has 24 N–H and O–H groups in total. The minimum absolute atomic E-state index is 0.0276. The third-order valence-electron chi connectivity index (χ3n) is 17.3. The van der Waals surface area contributed by atoms with Crippen molar-refractivity contribution in [3.8, 4) is 0 Å². The van der Waals surface area contributed by atoms with Crippen LogP contribution in [0.3, 0.4) is 0 Å². The first-order valence-corrected chi connectivity index (χ1v) is 38.6. The van der Waals surface area contributed by atoms with Crippen LogP contribution >= 0.6 is 0 Å². The predicted octanol–water partition coefficient (Wildman–Crippen LogP) is -12.7. The SMILES string of the molecule is NCCCCCO[C@@H]1OC[C@@H](O[C@H]2OC(COS(=O)(=O)O)[C@@H](O[C@H]3C[C@H](O)[C@H](O[C@H]4OC(COS(=O)(=O)O)[C@@H](O[C@H]5C[C@@H](O)[C@H](O[C@H]6OC(COS(=O)(=O)O)[C@@H](O[C@H]7C[C@H](O)[C@H](O[C@H]8OC(COS(=O)(=O)O)[C@@H](O)[C@H](O)C8N)CO7)[C@H](O)C6N)CO5)[C@H](O)C4N)CO3)[C@H](O)C2N)[C@H](O)C1OS(=O)(=O)O. The third-order valence-corrected chi connectivity index (χ3v) is 19.5. The molecule has 8 fully saturated rings. The molecule has 0 spiro atoms. The van der Waals surface area contributed by atoms with Gasteiger partial charge in [0.05, 0.1) is 95.3 Å². The maximum absolute atomic E-state index is 11.8. The minimum atomic E-state index is -5.27. The van der Waals surface area contributed by atoms with Gasteiger partial charge in [0.2, 0.25) is 0 Å². The molecule has 0 bridgehead atoms. The first-order valence-electron chi connectivity index (χ1n) is 31.7. The second-order valence-corrected chi connectivity index (χ2v) is 30.3. The summed E-state index contributed by atoms with van der Waals surface area (Å²) in [5.74, 6) is 0. The van der Waals surface area contributed by atoms with Crippen molar-refractivity contribution >= 4 is 52.0 Å². The highest BCUT2D eigenvalue weighted by atomic mass is 32.3. The van der Waals surface area contributed by atoms with Crippen LogP contribution < -0.4 is 28.7 Å². The van der Waals surface area contributed by atoms with Crippen LogP contribution in [0.2, 0.25) is 0 Å². The molecule has 0 aromatic carbocycles. The maximum atomic E-state index is 11.8. The Morgan fingerprint density at radius 2 is 0.654 bits per heavy atom.